The molecule has 22 heavy (non-hydrogen) atoms. The molecule has 0 saturated carbocycles. The molecule has 0 amide bonds. The zero-order valence-electron chi connectivity index (χ0n) is 13.6. The van der Waals surface area contributed by atoms with E-state index in [0.29, 0.717) is 11.1 Å². The third-order valence-electron chi connectivity index (χ3n) is 2.79. The van der Waals surface area contributed by atoms with E-state index in [9.17, 15) is 9.59 Å². The summed E-state index contributed by atoms with van der Waals surface area (Å²) in [4.78, 5) is 24.4. The molecule has 0 saturated heterocycles. The Morgan fingerprint density at radius 2 is 1.73 bits per heavy atom. The maximum atomic E-state index is 12.2. The second-order valence-corrected chi connectivity index (χ2v) is 7.23. The number of unbranched alkanes of at least 4 members (excludes halogenated alkanes) is 1. The predicted octanol–water partition coefficient (Wildman–Crippen LogP) is 4.61. The predicted molar refractivity (Wildman–Crippen MR) is 89.1 cm³/mol. The highest BCUT2D eigenvalue weighted by atomic mass is 79.9. The van der Waals surface area contributed by atoms with E-state index in [0.717, 1.165) is 12.8 Å². The van der Waals surface area contributed by atoms with Crippen LogP contribution in [0.25, 0.3) is 0 Å². The van der Waals surface area contributed by atoms with Gasteiger partial charge in [-0.05, 0) is 30.0 Å². The number of ether oxygens (including phenoxy) is 2. The van der Waals surface area contributed by atoms with Gasteiger partial charge in [0, 0.05) is 4.47 Å². The maximum absolute atomic E-state index is 12.2. The first-order valence-electron chi connectivity index (χ1n) is 7.38. The van der Waals surface area contributed by atoms with Gasteiger partial charge >= 0.3 is 11.9 Å². The van der Waals surface area contributed by atoms with Gasteiger partial charge in [-0.25, -0.2) is 9.59 Å². The quantitative estimate of drug-likeness (QED) is 0.541. The molecule has 0 fully saturated rings. The van der Waals surface area contributed by atoms with E-state index in [-0.39, 0.29) is 23.1 Å². The van der Waals surface area contributed by atoms with Crippen LogP contribution in [0.2, 0.25) is 0 Å². The molecule has 0 atom stereocenters. The molecular weight excluding hydrogens is 348 g/mol. The summed E-state index contributed by atoms with van der Waals surface area (Å²) in [6, 6.07) is 4.87. The van der Waals surface area contributed by atoms with Crippen molar-refractivity contribution < 1.29 is 19.1 Å². The number of halogens is 1. The third-order valence-corrected chi connectivity index (χ3v) is 3.28. The molecule has 122 valence electrons. The SMILES string of the molecule is CCCCOC(=O)c1cc(Br)ccc1C(=O)OCC(C)(C)C. The number of benzene rings is 1. The highest BCUT2D eigenvalue weighted by molar-refractivity contribution is 9.10. The van der Waals surface area contributed by atoms with Crippen molar-refractivity contribution in [1.29, 1.82) is 0 Å². The van der Waals surface area contributed by atoms with E-state index in [2.05, 4.69) is 15.9 Å². The van der Waals surface area contributed by atoms with Crippen molar-refractivity contribution in [3.05, 3.63) is 33.8 Å². The molecule has 0 bridgehead atoms. The standard InChI is InChI=1S/C17H23BrO4/c1-5-6-9-21-16(20)14-10-12(18)7-8-13(14)15(19)22-11-17(2,3)4/h7-8,10H,5-6,9,11H2,1-4H3. The third kappa shape index (κ3) is 6.18. The molecule has 0 heterocycles. The van der Waals surface area contributed by atoms with Gasteiger partial charge in [-0.3, -0.25) is 0 Å². The van der Waals surface area contributed by atoms with Crippen molar-refractivity contribution in [3.63, 3.8) is 0 Å². The second kappa shape index (κ2) is 8.32. The first-order valence-corrected chi connectivity index (χ1v) is 8.17. The fourth-order valence-electron chi connectivity index (χ4n) is 1.61. The van der Waals surface area contributed by atoms with Gasteiger partial charge in [0.2, 0.25) is 0 Å². The van der Waals surface area contributed by atoms with Gasteiger partial charge in [0.1, 0.15) is 0 Å². The lowest BCUT2D eigenvalue weighted by Crippen LogP contribution is -2.20. The number of carbonyl (C=O) groups excluding carboxylic acids is 2. The molecule has 1 aromatic rings. The number of hydrogen-bond donors (Lipinski definition) is 0. The normalized spacial score (nSPS) is 11.1. The van der Waals surface area contributed by atoms with Crippen LogP contribution in [0.15, 0.2) is 22.7 Å². The Morgan fingerprint density at radius 3 is 2.32 bits per heavy atom. The summed E-state index contributed by atoms with van der Waals surface area (Å²) in [6.07, 6.45) is 1.73. The van der Waals surface area contributed by atoms with Gasteiger partial charge in [-0.1, -0.05) is 50.0 Å². The molecule has 1 rings (SSSR count). The maximum Gasteiger partial charge on any atom is 0.339 e. The Kier molecular flexibility index (Phi) is 7.07. The lowest BCUT2D eigenvalue weighted by Gasteiger charge is -2.18. The van der Waals surface area contributed by atoms with Crippen molar-refractivity contribution in [1.82, 2.24) is 0 Å². The van der Waals surface area contributed by atoms with Gasteiger partial charge in [0.05, 0.1) is 24.3 Å². The molecule has 5 heteroatoms. The van der Waals surface area contributed by atoms with Crippen LogP contribution in [0, 0.1) is 5.41 Å². The molecule has 4 nitrogen and oxygen atoms in total. The van der Waals surface area contributed by atoms with Crippen LogP contribution >= 0.6 is 15.9 Å². The van der Waals surface area contributed by atoms with Crippen LogP contribution in [-0.2, 0) is 9.47 Å². The van der Waals surface area contributed by atoms with Gasteiger partial charge in [-0.15, -0.1) is 0 Å². The lowest BCUT2D eigenvalue weighted by atomic mass is 9.98. The molecule has 0 aliphatic rings. The average molecular weight is 371 g/mol. The second-order valence-electron chi connectivity index (χ2n) is 6.32. The summed E-state index contributed by atoms with van der Waals surface area (Å²) in [7, 11) is 0. The van der Waals surface area contributed by atoms with Crippen LogP contribution in [0.5, 0.6) is 0 Å². The van der Waals surface area contributed by atoms with Crippen molar-refractivity contribution in [3.8, 4) is 0 Å². The van der Waals surface area contributed by atoms with E-state index in [1.54, 1.807) is 18.2 Å². The molecule has 1 aromatic carbocycles. The number of esters is 2. The molecule has 0 aromatic heterocycles. The van der Waals surface area contributed by atoms with E-state index < -0.39 is 11.9 Å². The van der Waals surface area contributed by atoms with Gasteiger partial charge in [0.15, 0.2) is 0 Å². The zero-order valence-corrected chi connectivity index (χ0v) is 15.2. The first kappa shape index (κ1) is 18.7. The minimum atomic E-state index is -0.509. The number of carbonyl (C=O) groups is 2. The van der Waals surface area contributed by atoms with Crippen molar-refractivity contribution in [2.45, 2.75) is 40.5 Å². The van der Waals surface area contributed by atoms with E-state index in [1.165, 1.54) is 0 Å². The fraction of sp³-hybridized carbons (Fsp3) is 0.529. The zero-order chi connectivity index (χ0) is 16.8. The van der Waals surface area contributed by atoms with Crippen LogP contribution < -0.4 is 0 Å². The molecule has 0 N–H and O–H groups in total. The van der Waals surface area contributed by atoms with Crippen LogP contribution in [0.3, 0.4) is 0 Å². The van der Waals surface area contributed by atoms with Gasteiger partial charge < -0.3 is 9.47 Å². The lowest BCUT2D eigenvalue weighted by molar-refractivity contribution is 0.0352. The fourth-order valence-corrected chi connectivity index (χ4v) is 1.97. The Balaban J connectivity index is 2.90. The molecule has 0 radical (unpaired) electrons. The van der Waals surface area contributed by atoms with Gasteiger partial charge in [-0.2, -0.15) is 0 Å². The summed E-state index contributed by atoms with van der Waals surface area (Å²) in [5, 5.41) is 0. The molecular formula is C17H23BrO4. The summed E-state index contributed by atoms with van der Waals surface area (Å²) in [5.74, 6) is -1.01. The Hall–Kier alpha value is -1.36. The van der Waals surface area contributed by atoms with E-state index >= 15 is 0 Å². The molecule has 0 aliphatic carbocycles. The van der Waals surface area contributed by atoms with E-state index in [1.807, 2.05) is 27.7 Å². The number of hydrogen-bond acceptors (Lipinski definition) is 4. The Morgan fingerprint density at radius 1 is 1.09 bits per heavy atom. The van der Waals surface area contributed by atoms with Crippen molar-refractivity contribution >= 4 is 27.9 Å². The summed E-state index contributed by atoms with van der Waals surface area (Å²) in [6.45, 7) is 8.57. The molecule has 0 unspecified atom stereocenters. The Bertz CT molecular complexity index is 532. The van der Waals surface area contributed by atoms with Crippen molar-refractivity contribution in [2.75, 3.05) is 13.2 Å². The number of rotatable bonds is 6. The highest BCUT2D eigenvalue weighted by Gasteiger charge is 2.21. The molecule has 0 spiro atoms. The smallest absolute Gasteiger partial charge is 0.339 e. The first-order chi connectivity index (χ1) is 10.2. The summed E-state index contributed by atoms with van der Waals surface area (Å²) in [5.41, 5.74) is 0.325. The molecule has 0 aliphatic heterocycles. The summed E-state index contributed by atoms with van der Waals surface area (Å²) >= 11 is 3.31. The topological polar surface area (TPSA) is 52.6 Å². The van der Waals surface area contributed by atoms with E-state index in [4.69, 9.17) is 9.47 Å². The Labute approximate surface area is 140 Å². The van der Waals surface area contributed by atoms with Crippen LogP contribution in [-0.4, -0.2) is 25.2 Å². The highest BCUT2D eigenvalue weighted by Crippen LogP contribution is 2.20. The van der Waals surface area contributed by atoms with Crippen LogP contribution in [0.1, 0.15) is 61.3 Å². The van der Waals surface area contributed by atoms with Crippen LogP contribution in [0.4, 0.5) is 0 Å². The van der Waals surface area contributed by atoms with Crippen molar-refractivity contribution in [2.24, 2.45) is 5.41 Å². The summed E-state index contributed by atoms with van der Waals surface area (Å²) < 4.78 is 11.2. The monoisotopic (exact) mass is 370 g/mol. The minimum Gasteiger partial charge on any atom is -0.462 e. The average Bonchev–Trinajstić information content (AvgIpc) is 2.44. The minimum absolute atomic E-state index is 0.132. The van der Waals surface area contributed by atoms with Gasteiger partial charge in [0.25, 0.3) is 0 Å². The largest absolute Gasteiger partial charge is 0.462 e.